The zero-order chi connectivity index (χ0) is 30.6. The number of rotatable bonds is 12. The van der Waals surface area contributed by atoms with Gasteiger partial charge in [-0.2, -0.15) is 9.40 Å². The van der Waals surface area contributed by atoms with Crippen LogP contribution in [0.15, 0.2) is 52.2 Å². The summed E-state index contributed by atoms with van der Waals surface area (Å²) < 4.78 is 56.2. The van der Waals surface area contributed by atoms with Gasteiger partial charge in [0.15, 0.2) is 5.52 Å². The minimum Gasteiger partial charge on any atom is -0.493 e. The number of hydrogen-bond donors (Lipinski definition) is 1. The number of aryl methyl sites for hydroxylation is 2. The molecule has 0 unspecified atom stereocenters. The first-order chi connectivity index (χ1) is 20.7. The molecule has 0 aliphatic carbocycles. The Labute approximate surface area is 250 Å². The number of morpholine rings is 1. The molecule has 2 aromatic carbocycles. The van der Waals surface area contributed by atoms with Gasteiger partial charge in [-0.05, 0) is 49.2 Å². The summed E-state index contributed by atoms with van der Waals surface area (Å²) in [5.41, 5.74) is 2.15. The van der Waals surface area contributed by atoms with Crippen LogP contribution in [0.1, 0.15) is 31.5 Å². The lowest BCUT2D eigenvalue weighted by molar-refractivity contribution is 0.0361. The Bertz CT molecular complexity index is 1730. The second kappa shape index (κ2) is 13.3. The molecule has 5 rings (SSSR count). The van der Waals surface area contributed by atoms with Gasteiger partial charge in [-0.15, -0.1) is 0 Å². The van der Waals surface area contributed by atoms with Gasteiger partial charge in [-0.1, -0.05) is 25.5 Å². The second-order valence-electron chi connectivity index (χ2n) is 10.4. The van der Waals surface area contributed by atoms with Crippen molar-refractivity contribution in [2.45, 2.75) is 38.1 Å². The van der Waals surface area contributed by atoms with E-state index in [1.807, 2.05) is 13.8 Å². The minimum atomic E-state index is -4.05. The van der Waals surface area contributed by atoms with Crippen LogP contribution in [0.25, 0.3) is 22.4 Å². The van der Waals surface area contributed by atoms with Gasteiger partial charge in [-0.3, -0.25) is 14.4 Å². The summed E-state index contributed by atoms with van der Waals surface area (Å²) >= 11 is 0. The van der Waals surface area contributed by atoms with Crippen molar-refractivity contribution in [2.24, 2.45) is 7.05 Å². The average molecular weight is 613 g/mol. The molecule has 0 saturated carbocycles. The van der Waals surface area contributed by atoms with Gasteiger partial charge in [0, 0.05) is 39.8 Å². The number of ether oxygens (including phenoxy) is 2. The smallest absolute Gasteiger partial charge is 0.277 e. The molecule has 0 amide bonds. The lowest BCUT2D eigenvalue weighted by Gasteiger charge is -2.30. The van der Waals surface area contributed by atoms with Crippen molar-refractivity contribution in [3.8, 4) is 17.1 Å². The normalized spacial score (nSPS) is 14.5. The van der Waals surface area contributed by atoms with E-state index in [9.17, 15) is 17.6 Å². The fourth-order valence-electron chi connectivity index (χ4n) is 5.22. The van der Waals surface area contributed by atoms with E-state index in [0.29, 0.717) is 79.5 Å². The van der Waals surface area contributed by atoms with Crippen LogP contribution >= 0.6 is 0 Å². The van der Waals surface area contributed by atoms with Crippen LogP contribution in [0.5, 0.6) is 5.75 Å². The van der Waals surface area contributed by atoms with Crippen molar-refractivity contribution in [3.63, 3.8) is 0 Å². The van der Waals surface area contributed by atoms with E-state index in [-0.39, 0.29) is 29.4 Å². The molecule has 1 aliphatic heterocycles. The van der Waals surface area contributed by atoms with Crippen molar-refractivity contribution in [1.29, 1.82) is 0 Å². The molecule has 13 heteroatoms. The molecule has 1 fully saturated rings. The number of benzene rings is 2. The van der Waals surface area contributed by atoms with Crippen LogP contribution in [0, 0.1) is 5.82 Å². The zero-order valence-corrected chi connectivity index (χ0v) is 25.5. The monoisotopic (exact) mass is 612 g/mol. The minimum absolute atomic E-state index is 0.0257. The Kier molecular flexibility index (Phi) is 9.55. The highest BCUT2D eigenvalue weighted by Gasteiger charge is 2.28. The van der Waals surface area contributed by atoms with Crippen LogP contribution in [0.3, 0.4) is 0 Å². The van der Waals surface area contributed by atoms with Crippen LogP contribution in [0.4, 0.5) is 4.39 Å². The predicted molar refractivity (Wildman–Crippen MR) is 161 cm³/mol. The third kappa shape index (κ3) is 6.80. The van der Waals surface area contributed by atoms with Gasteiger partial charge >= 0.3 is 0 Å². The Morgan fingerprint density at radius 2 is 1.86 bits per heavy atom. The third-order valence-electron chi connectivity index (χ3n) is 7.43. The van der Waals surface area contributed by atoms with Crippen molar-refractivity contribution >= 4 is 21.1 Å². The zero-order valence-electron chi connectivity index (χ0n) is 24.7. The Hall–Kier alpha value is -3.65. The first kappa shape index (κ1) is 30.8. The number of aromatic amines is 1. The molecular weight excluding hydrogens is 575 g/mol. The Morgan fingerprint density at radius 3 is 2.56 bits per heavy atom. The summed E-state index contributed by atoms with van der Waals surface area (Å²) in [6.45, 7) is 7.60. The Balaban J connectivity index is 1.56. The number of nitrogens with one attached hydrogen (secondary N) is 1. The number of halogens is 1. The highest BCUT2D eigenvalue weighted by molar-refractivity contribution is 7.89. The maximum absolute atomic E-state index is 14.2. The summed E-state index contributed by atoms with van der Waals surface area (Å²) in [7, 11) is -2.35. The van der Waals surface area contributed by atoms with Crippen LogP contribution in [0.2, 0.25) is 0 Å². The van der Waals surface area contributed by atoms with E-state index in [1.165, 1.54) is 33.3 Å². The quantitative estimate of drug-likeness (QED) is 0.259. The molecule has 2 aromatic heterocycles. The second-order valence-corrected chi connectivity index (χ2v) is 12.4. The first-order valence-electron chi connectivity index (χ1n) is 14.5. The third-order valence-corrected chi connectivity index (χ3v) is 9.28. The van der Waals surface area contributed by atoms with Gasteiger partial charge in [-0.25, -0.2) is 17.8 Å². The molecule has 4 aromatic rings. The summed E-state index contributed by atoms with van der Waals surface area (Å²) in [6, 6.07) is 10.4. The van der Waals surface area contributed by atoms with Crippen molar-refractivity contribution in [2.75, 3.05) is 46.0 Å². The van der Waals surface area contributed by atoms with E-state index in [2.05, 4.69) is 15.0 Å². The largest absolute Gasteiger partial charge is 0.493 e. The van der Waals surface area contributed by atoms with E-state index in [4.69, 9.17) is 14.5 Å². The summed E-state index contributed by atoms with van der Waals surface area (Å²) in [5.74, 6) is 0.196. The fourth-order valence-corrected chi connectivity index (χ4v) is 6.67. The molecule has 43 heavy (non-hydrogen) atoms. The van der Waals surface area contributed by atoms with E-state index in [1.54, 1.807) is 25.2 Å². The lowest BCUT2D eigenvalue weighted by atomic mass is 10.1. The molecule has 230 valence electrons. The van der Waals surface area contributed by atoms with Crippen LogP contribution in [-0.4, -0.2) is 83.4 Å². The summed E-state index contributed by atoms with van der Waals surface area (Å²) in [5, 5.41) is 4.48. The van der Waals surface area contributed by atoms with Gasteiger partial charge in [0.05, 0.1) is 36.0 Å². The van der Waals surface area contributed by atoms with Crippen molar-refractivity contribution in [1.82, 2.24) is 29.0 Å². The molecule has 1 aliphatic rings. The maximum atomic E-state index is 14.2. The molecule has 3 heterocycles. The molecular formula is C30H37FN6O5S. The van der Waals surface area contributed by atoms with Gasteiger partial charge in [0.25, 0.3) is 5.56 Å². The Morgan fingerprint density at radius 1 is 1.12 bits per heavy atom. The highest BCUT2D eigenvalue weighted by Crippen LogP contribution is 2.32. The number of nitrogens with zero attached hydrogens (tertiary/aromatic N) is 5. The molecule has 0 spiro atoms. The van der Waals surface area contributed by atoms with Crippen molar-refractivity contribution in [3.05, 3.63) is 69.9 Å². The topological polar surface area (TPSA) is 123 Å². The summed E-state index contributed by atoms with van der Waals surface area (Å²) in [6.07, 6.45) is 1.46. The molecule has 11 nitrogen and oxygen atoms in total. The molecule has 1 saturated heterocycles. The molecule has 1 N–H and O–H groups in total. The first-order valence-corrected chi connectivity index (χ1v) is 15.9. The summed E-state index contributed by atoms with van der Waals surface area (Å²) in [4.78, 5) is 22.9. The van der Waals surface area contributed by atoms with E-state index in [0.717, 1.165) is 6.42 Å². The lowest BCUT2D eigenvalue weighted by Crippen LogP contribution is -2.42. The number of aromatic nitrogens is 4. The predicted octanol–water partition coefficient (Wildman–Crippen LogP) is 3.34. The maximum Gasteiger partial charge on any atom is 0.277 e. The van der Waals surface area contributed by atoms with Crippen molar-refractivity contribution < 1.29 is 22.3 Å². The number of fused-ring (bicyclic) bond motifs is 1. The highest BCUT2D eigenvalue weighted by atomic mass is 32.2. The van der Waals surface area contributed by atoms with Gasteiger partial charge < -0.3 is 14.5 Å². The number of hydrogen-bond acceptors (Lipinski definition) is 8. The van der Waals surface area contributed by atoms with Crippen LogP contribution in [-0.2, 0) is 34.8 Å². The number of sulfonamides is 1. The number of H-pyrrole nitrogens is 1. The molecule has 0 bridgehead atoms. The van der Waals surface area contributed by atoms with Gasteiger partial charge in [0.2, 0.25) is 10.0 Å². The fraction of sp³-hybridized carbons (Fsp3) is 0.433. The van der Waals surface area contributed by atoms with E-state index < -0.39 is 15.8 Å². The van der Waals surface area contributed by atoms with Crippen LogP contribution < -0.4 is 10.3 Å². The SMILES string of the molecule is CCCc1nn(C)c2c(=O)[nH]c(-c3cc(S(=O)(=O)N(CCN4CCOCC4)Cc4ccc(F)cc4)ccc3OCC)nc12. The average Bonchev–Trinajstić information content (AvgIpc) is 3.32. The standard InChI is InChI=1S/C30H37FN6O5S/c1-4-6-25-27-28(35(3)34-25)30(38)33-29(32-27)24-19-23(11-12-26(24)42-5-2)43(39,40)37(14-13-36-15-17-41-18-16-36)20-21-7-9-22(31)10-8-21/h7-12,19H,4-6,13-18,20H2,1-3H3,(H,32,33,38). The van der Waals surface area contributed by atoms with E-state index >= 15 is 0 Å². The van der Waals surface area contributed by atoms with Gasteiger partial charge in [0.1, 0.15) is 22.9 Å². The molecule has 0 atom stereocenters. The molecule has 0 radical (unpaired) electrons.